The molecule has 0 radical (unpaired) electrons. The van der Waals surface area contributed by atoms with E-state index in [1.807, 2.05) is 0 Å². The number of hydrogen-bond donors (Lipinski definition) is 1. The van der Waals surface area contributed by atoms with E-state index in [4.69, 9.17) is 9.47 Å². The second-order valence-electron chi connectivity index (χ2n) is 7.64. The van der Waals surface area contributed by atoms with E-state index in [-0.39, 0.29) is 11.3 Å². The number of ether oxygens (including phenoxy) is 2. The molecule has 5 heteroatoms. The smallest absolute Gasteiger partial charge is 0.220 e. The minimum Gasteiger partial charge on any atom is -0.382 e. The molecule has 150 valence electrons. The summed E-state index contributed by atoms with van der Waals surface area (Å²) in [6, 6.07) is 8.69. The first-order chi connectivity index (χ1) is 13.0. The van der Waals surface area contributed by atoms with Gasteiger partial charge in [-0.05, 0) is 26.7 Å². The molecule has 0 saturated heterocycles. The van der Waals surface area contributed by atoms with Crippen LogP contribution in [0.2, 0.25) is 0 Å². The van der Waals surface area contributed by atoms with Crippen LogP contribution in [0, 0.1) is 0 Å². The Hall–Kier alpha value is -1.72. The Bertz CT molecular complexity index is 653. The standard InChI is InChI=1S/C22H34N2O3/c1-18-22(2,3)19-10-7-8-11-20(19)24(18)14-9-5-6-12-21(25)23-13-15-27-17-16-26-4/h7-8,10-11H,5-6,9,12-17H2,1-4H3/p+1. The van der Waals surface area contributed by atoms with Crippen LogP contribution in [-0.4, -0.2) is 56.2 Å². The van der Waals surface area contributed by atoms with E-state index < -0.39 is 0 Å². The summed E-state index contributed by atoms with van der Waals surface area (Å²) in [5.41, 5.74) is 4.26. The maximum absolute atomic E-state index is 11.8. The van der Waals surface area contributed by atoms with Gasteiger partial charge in [-0.3, -0.25) is 4.79 Å². The summed E-state index contributed by atoms with van der Waals surface area (Å²) in [6.07, 6.45) is 3.66. The lowest BCUT2D eigenvalue weighted by atomic mass is 9.82. The Morgan fingerprint density at radius 1 is 1.11 bits per heavy atom. The zero-order chi connectivity index (χ0) is 19.7. The van der Waals surface area contributed by atoms with E-state index in [2.05, 4.69) is 54.9 Å². The average molecular weight is 376 g/mol. The first-order valence-electron chi connectivity index (χ1n) is 10.0. The molecule has 0 fully saturated rings. The highest BCUT2D eigenvalue weighted by Gasteiger charge is 2.42. The van der Waals surface area contributed by atoms with Crippen molar-refractivity contribution in [3.8, 4) is 0 Å². The normalized spacial score (nSPS) is 15.1. The molecule has 1 amide bonds. The largest absolute Gasteiger partial charge is 0.382 e. The number of fused-ring (bicyclic) bond motifs is 1. The van der Waals surface area contributed by atoms with Gasteiger partial charge in [-0.1, -0.05) is 18.2 Å². The molecule has 1 aromatic rings. The number of benzene rings is 1. The third-order valence-electron chi connectivity index (χ3n) is 5.46. The van der Waals surface area contributed by atoms with Crippen molar-refractivity contribution in [2.45, 2.75) is 51.9 Å². The Morgan fingerprint density at radius 2 is 1.89 bits per heavy atom. The highest BCUT2D eigenvalue weighted by atomic mass is 16.5. The van der Waals surface area contributed by atoms with E-state index in [0.717, 1.165) is 25.8 Å². The van der Waals surface area contributed by atoms with Crippen LogP contribution >= 0.6 is 0 Å². The summed E-state index contributed by atoms with van der Waals surface area (Å²) in [5, 5.41) is 2.90. The van der Waals surface area contributed by atoms with Crippen LogP contribution in [0.5, 0.6) is 0 Å². The molecule has 0 spiro atoms. The van der Waals surface area contributed by atoms with Gasteiger partial charge in [0.2, 0.25) is 11.6 Å². The van der Waals surface area contributed by atoms with Gasteiger partial charge in [0.05, 0.1) is 25.2 Å². The van der Waals surface area contributed by atoms with Crippen molar-refractivity contribution in [3.63, 3.8) is 0 Å². The number of unbranched alkanes of at least 4 members (excludes halogenated alkanes) is 2. The number of carbonyl (C=O) groups is 1. The van der Waals surface area contributed by atoms with Crippen LogP contribution in [0.1, 0.15) is 52.0 Å². The second-order valence-corrected chi connectivity index (χ2v) is 7.64. The van der Waals surface area contributed by atoms with Crippen LogP contribution in [0.25, 0.3) is 0 Å². The van der Waals surface area contributed by atoms with E-state index >= 15 is 0 Å². The minimum atomic E-state index is 0.0990. The molecule has 1 heterocycles. The first-order valence-corrected chi connectivity index (χ1v) is 10.0. The van der Waals surface area contributed by atoms with Crippen molar-refractivity contribution in [1.82, 2.24) is 5.32 Å². The van der Waals surface area contributed by atoms with Gasteiger partial charge < -0.3 is 14.8 Å². The average Bonchev–Trinajstić information content (AvgIpc) is 2.85. The van der Waals surface area contributed by atoms with Crippen LogP contribution in [0.15, 0.2) is 24.3 Å². The molecule has 1 aliphatic rings. The predicted octanol–water partition coefficient (Wildman–Crippen LogP) is 3.42. The number of para-hydroxylation sites is 1. The molecule has 2 rings (SSSR count). The Balaban J connectivity index is 1.65. The van der Waals surface area contributed by atoms with Gasteiger partial charge >= 0.3 is 0 Å². The molecule has 0 saturated carbocycles. The van der Waals surface area contributed by atoms with Crippen LogP contribution in [-0.2, 0) is 19.7 Å². The van der Waals surface area contributed by atoms with Gasteiger partial charge in [0.15, 0.2) is 5.71 Å². The molecule has 0 aromatic heterocycles. The van der Waals surface area contributed by atoms with Gasteiger partial charge in [0.25, 0.3) is 0 Å². The molecular formula is C22H35N2O3+. The zero-order valence-electron chi connectivity index (χ0n) is 17.3. The molecule has 1 aliphatic heterocycles. The van der Waals surface area contributed by atoms with Crippen molar-refractivity contribution < 1.29 is 18.8 Å². The first kappa shape index (κ1) is 21.6. The molecular weight excluding hydrogens is 340 g/mol. The Labute approximate surface area is 163 Å². The number of rotatable bonds is 12. The lowest BCUT2D eigenvalue weighted by molar-refractivity contribution is -0.439. The maximum atomic E-state index is 11.8. The molecule has 27 heavy (non-hydrogen) atoms. The van der Waals surface area contributed by atoms with Gasteiger partial charge in [-0.2, -0.15) is 4.58 Å². The van der Waals surface area contributed by atoms with Gasteiger partial charge in [-0.15, -0.1) is 0 Å². The second kappa shape index (κ2) is 10.6. The van der Waals surface area contributed by atoms with E-state index in [1.54, 1.807) is 7.11 Å². The zero-order valence-corrected chi connectivity index (χ0v) is 17.3. The summed E-state index contributed by atoms with van der Waals surface area (Å²) in [4.78, 5) is 11.8. The molecule has 0 atom stereocenters. The molecule has 1 N–H and O–H groups in total. The number of methoxy groups -OCH3 is 1. The van der Waals surface area contributed by atoms with Crippen LogP contribution < -0.4 is 5.32 Å². The fourth-order valence-corrected chi connectivity index (χ4v) is 3.57. The number of nitrogens with one attached hydrogen (secondary N) is 1. The number of nitrogens with zero attached hydrogens (tertiary/aromatic N) is 1. The number of amides is 1. The van der Waals surface area contributed by atoms with Crippen LogP contribution in [0.3, 0.4) is 0 Å². The third-order valence-corrected chi connectivity index (χ3v) is 5.46. The summed E-state index contributed by atoms with van der Waals surface area (Å²) in [7, 11) is 1.65. The lowest BCUT2D eigenvalue weighted by Gasteiger charge is -2.14. The fourth-order valence-electron chi connectivity index (χ4n) is 3.57. The van der Waals surface area contributed by atoms with Crippen molar-refractivity contribution in [2.75, 3.05) is 40.0 Å². The van der Waals surface area contributed by atoms with E-state index in [9.17, 15) is 4.79 Å². The van der Waals surface area contributed by atoms with E-state index in [0.29, 0.717) is 32.8 Å². The summed E-state index contributed by atoms with van der Waals surface area (Å²) in [5.74, 6) is 0.112. The minimum absolute atomic E-state index is 0.0990. The van der Waals surface area contributed by atoms with Crippen molar-refractivity contribution in [1.29, 1.82) is 0 Å². The van der Waals surface area contributed by atoms with Gasteiger partial charge in [0.1, 0.15) is 6.54 Å². The van der Waals surface area contributed by atoms with Crippen molar-refractivity contribution >= 4 is 17.3 Å². The summed E-state index contributed by atoms with van der Waals surface area (Å²) < 4.78 is 12.7. The topological polar surface area (TPSA) is 50.6 Å². The van der Waals surface area contributed by atoms with E-state index in [1.165, 1.54) is 17.0 Å². The monoisotopic (exact) mass is 375 g/mol. The lowest BCUT2D eigenvalue weighted by Crippen LogP contribution is -2.27. The molecule has 0 unspecified atom stereocenters. The summed E-state index contributed by atoms with van der Waals surface area (Å²) in [6.45, 7) is 10.1. The molecule has 0 aliphatic carbocycles. The highest BCUT2D eigenvalue weighted by molar-refractivity contribution is 5.93. The highest BCUT2D eigenvalue weighted by Crippen LogP contribution is 2.39. The summed E-state index contributed by atoms with van der Waals surface area (Å²) >= 11 is 0. The quantitative estimate of drug-likeness (QED) is 0.450. The molecule has 0 bridgehead atoms. The number of hydrogen-bond acceptors (Lipinski definition) is 3. The molecule has 1 aromatic carbocycles. The maximum Gasteiger partial charge on any atom is 0.220 e. The predicted molar refractivity (Wildman–Crippen MR) is 109 cm³/mol. The van der Waals surface area contributed by atoms with Gasteiger partial charge in [-0.25, -0.2) is 0 Å². The fraction of sp³-hybridized carbons (Fsp3) is 0.636. The van der Waals surface area contributed by atoms with Crippen molar-refractivity contribution in [3.05, 3.63) is 29.8 Å². The Morgan fingerprint density at radius 3 is 2.67 bits per heavy atom. The van der Waals surface area contributed by atoms with Crippen molar-refractivity contribution in [2.24, 2.45) is 0 Å². The molecule has 5 nitrogen and oxygen atoms in total. The Kier molecular flexibility index (Phi) is 8.45. The van der Waals surface area contributed by atoms with Gasteiger partial charge in [0, 0.05) is 45.0 Å². The third kappa shape index (κ3) is 5.88. The number of carbonyl (C=O) groups excluding carboxylic acids is 1. The SMILES string of the molecule is COCCOCCNC(=O)CCCCC[N+]1=C(C)C(C)(C)c2ccccc21. The van der Waals surface area contributed by atoms with Crippen LogP contribution in [0.4, 0.5) is 5.69 Å².